The number of carboxylic acids is 1. The SMILES string of the molecule is CC(Oc1ccc2cc(N=[N+]=[N-])c(=O)oc2c1)C(=O)O. The van der Waals surface area contributed by atoms with E-state index < -0.39 is 17.7 Å². The number of azide groups is 1. The molecule has 0 aliphatic rings. The van der Waals surface area contributed by atoms with Gasteiger partial charge < -0.3 is 14.3 Å². The molecule has 1 aromatic heterocycles. The van der Waals surface area contributed by atoms with Gasteiger partial charge in [-0.25, -0.2) is 9.59 Å². The van der Waals surface area contributed by atoms with E-state index in [2.05, 4.69) is 10.0 Å². The molecule has 1 unspecified atom stereocenters. The summed E-state index contributed by atoms with van der Waals surface area (Å²) >= 11 is 0. The van der Waals surface area contributed by atoms with Crippen LogP contribution < -0.4 is 10.4 Å². The van der Waals surface area contributed by atoms with Gasteiger partial charge in [0.15, 0.2) is 6.10 Å². The molecule has 0 aliphatic carbocycles. The van der Waals surface area contributed by atoms with Gasteiger partial charge >= 0.3 is 11.6 Å². The van der Waals surface area contributed by atoms with E-state index in [1.807, 2.05) is 0 Å². The topological polar surface area (TPSA) is 126 Å². The zero-order valence-electron chi connectivity index (χ0n) is 10.3. The van der Waals surface area contributed by atoms with Crippen molar-refractivity contribution >= 4 is 22.6 Å². The lowest BCUT2D eigenvalue weighted by Gasteiger charge is -2.10. The van der Waals surface area contributed by atoms with Gasteiger partial charge in [0.25, 0.3) is 0 Å². The van der Waals surface area contributed by atoms with Crippen LogP contribution in [0.2, 0.25) is 0 Å². The monoisotopic (exact) mass is 275 g/mol. The van der Waals surface area contributed by atoms with Crippen LogP contribution in [0.5, 0.6) is 5.75 Å². The molecule has 8 nitrogen and oxygen atoms in total. The molecule has 20 heavy (non-hydrogen) atoms. The normalized spacial score (nSPS) is 11.7. The molecule has 0 amide bonds. The van der Waals surface area contributed by atoms with Gasteiger partial charge in [0.1, 0.15) is 17.0 Å². The number of carbonyl (C=O) groups is 1. The average Bonchev–Trinajstić information content (AvgIpc) is 2.40. The Bertz CT molecular complexity index is 776. The lowest BCUT2D eigenvalue weighted by atomic mass is 10.2. The standard InChI is InChI=1S/C12H9N3O5/c1-6(11(16)17)19-8-3-2-7-4-9(14-15-13)12(18)20-10(7)5-8/h2-6H,1H3,(H,16,17). The van der Waals surface area contributed by atoms with Crippen LogP contribution in [0.15, 0.2) is 38.6 Å². The largest absolute Gasteiger partial charge is 0.479 e. The summed E-state index contributed by atoms with van der Waals surface area (Å²) in [6.07, 6.45) is -1.03. The summed E-state index contributed by atoms with van der Waals surface area (Å²) in [5.74, 6) is -0.850. The number of hydrogen-bond donors (Lipinski definition) is 1. The molecule has 0 spiro atoms. The molecule has 1 atom stereocenters. The van der Waals surface area contributed by atoms with Gasteiger partial charge in [-0.1, -0.05) is 5.11 Å². The summed E-state index contributed by atoms with van der Waals surface area (Å²) < 4.78 is 10.1. The molecule has 2 rings (SSSR count). The zero-order chi connectivity index (χ0) is 14.7. The number of rotatable bonds is 4. The van der Waals surface area contributed by atoms with Crippen LogP contribution in [-0.4, -0.2) is 17.2 Å². The Morgan fingerprint density at radius 1 is 1.50 bits per heavy atom. The molecule has 1 aromatic carbocycles. The van der Waals surface area contributed by atoms with Crippen LogP contribution >= 0.6 is 0 Å². The van der Waals surface area contributed by atoms with Crippen molar-refractivity contribution in [2.45, 2.75) is 13.0 Å². The minimum Gasteiger partial charge on any atom is -0.479 e. The van der Waals surface area contributed by atoms with E-state index in [0.29, 0.717) is 5.39 Å². The maximum Gasteiger partial charge on any atom is 0.345 e. The van der Waals surface area contributed by atoms with Gasteiger partial charge in [0.05, 0.1) is 0 Å². The van der Waals surface area contributed by atoms with Crippen LogP contribution in [0.1, 0.15) is 6.92 Å². The van der Waals surface area contributed by atoms with Crippen molar-refractivity contribution in [2.75, 3.05) is 0 Å². The van der Waals surface area contributed by atoms with Crippen molar-refractivity contribution < 1.29 is 19.1 Å². The minimum atomic E-state index is -1.11. The Morgan fingerprint density at radius 2 is 2.25 bits per heavy atom. The molecular formula is C12H9N3O5. The first-order valence-corrected chi connectivity index (χ1v) is 5.53. The summed E-state index contributed by atoms with van der Waals surface area (Å²) in [6.45, 7) is 1.38. The predicted molar refractivity (Wildman–Crippen MR) is 69.0 cm³/mol. The first-order valence-electron chi connectivity index (χ1n) is 5.53. The van der Waals surface area contributed by atoms with Crippen molar-refractivity contribution in [1.29, 1.82) is 0 Å². The first kappa shape index (κ1) is 13.4. The van der Waals surface area contributed by atoms with Gasteiger partial charge in [-0.3, -0.25) is 0 Å². The van der Waals surface area contributed by atoms with Gasteiger partial charge in [-0.15, -0.1) is 0 Å². The highest BCUT2D eigenvalue weighted by molar-refractivity contribution is 5.80. The van der Waals surface area contributed by atoms with Crippen LogP contribution in [0.4, 0.5) is 5.69 Å². The van der Waals surface area contributed by atoms with E-state index in [1.165, 1.54) is 25.1 Å². The third-order valence-corrected chi connectivity index (χ3v) is 2.50. The highest BCUT2D eigenvalue weighted by Gasteiger charge is 2.13. The molecule has 0 saturated carbocycles. The molecule has 1 heterocycles. The summed E-state index contributed by atoms with van der Waals surface area (Å²) in [4.78, 5) is 24.7. The van der Waals surface area contributed by atoms with Gasteiger partial charge in [-0.05, 0) is 30.7 Å². The summed E-state index contributed by atoms with van der Waals surface area (Å²) in [5.41, 5.74) is 7.60. The third kappa shape index (κ3) is 2.70. The maximum atomic E-state index is 11.5. The number of fused-ring (bicyclic) bond motifs is 1. The van der Waals surface area contributed by atoms with E-state index in [-0.39, 0.29) is 17.0 Å². The lowest BCUT2D eigenvalue weighted by molar-refractivity contribution is -0.144. The number of aliphatic carboxylic acids is 1. The fourth-order valence-corrected chi connectivity index (χ4v) is 1.53. The molecule has 0 radical (unpaired) electrons. The van der Waals surface area contributed by atoms with E-state index in [9.17, 15) is 9.59 Å². The fourth-order valence-electron chi connectivity index (χ4n) is 1.53. The van der Waals surface area contributed by atoms with E-state index >= 15 is 0 Å². The van der Waals surface area contributed by atoms with Crippen molar-refractivity contribution in [1.82, 2.24) is 0 Å². The van der Waals surface area contributed by atoms with Crippen molar-refractivity contribution in [2.24, 2.45) is 5.11 Å². The van der Waals surface area contributed by atoms with Crippen molar-refractivity contribution in [3.05, 3.63) is 45.1 Å². The quantitative estimate of drug-likeness (QED) is 0.397. The highest BCUT2D eigenvalue weighted by atomic mass is 16.5. The van der Waals surface area contributed by atoms with E-state index in [0.717, 1.165) is 0 Å². The molecule has 0 fully saturated rings. The predicted octanol–water partition coefficient (Wildman–Crippen LogP) is 2.59. The number of carboxylic acid groups (broad SMARTS) is 1. The molecule has 2 aromatic rings. The summed E-state index contributed by atoms with van der Waals surface area (Å²) in [5, 5.41) is 12.5. The molecule has 0 aliphatic heterocycles. The number of benzene rings is 1. The maximum absolute atomic E-state index is 11.5. The zero-order valence-corrected chi connectivity index (χ0v) is 10.3. The Kier molecular flexibility index (Phi) is 3.58. The number of nitrogens with zero attached hydrogens (tertiary/aromatic N) is 3. The Hall–Kier alpha value is -2.99. The smallest absolute Gasteiger partial charge is 0.345 e. The van der Waals surface area contributed by atoms with E-state index in [1.54, 1.807) is 6.07 Å². The molecule has 0 saturated heterocycles. The first-order chi connectivity index (χ1) is 9.51. The van der Waals surface area contributed by atoms with Gasteiger partial charge in [0.2, 0.25) is 0 Å². The molecule has 1 N–H and O–H groups in total. The lowest BCUT2D eigenvalue weighted by Crippen LogP contribution is -2.22. The second kappa shape index (κ2) is 5.33. The second-order valence-corrected chi connectivity index (χ2v) is 3.91. The molecular weight excluding hydrogens is 266 g/mol. The van der Waals surface area contributed by atoms with Crippen LogP contribution in [0.25, 0.3) is 21.4 Å². The number of hydrogen-bond acceptors (Lipinski definition) is 5. The Balaban J connectivity index is 2.45. The van der Waals surface area contributed by atoms with E-state index in [4.69, 9.17) is 19.8 Å². The average molecular weight is 275 g/mol. The summed E-state index contributed by atoms with van der Waals surface area (Å²) in [7, 11) is 0. The highest BCUT2D eigenvalue weighted by Crippen LogP contribution is 2.23. The van der Waals surface area contributed by atoms with Gasteiger partial charge in [0, 0.05) is 16.4 Å². The second-order valence-electron chi connectivity index (χ2n) is 3.91. The van der Waals surface area contributed by atoms with Crippen LogP contribution in [0.3, 0.4) is 0 Å². The van der Waals surface area contributed by atoms with Crippen molar-refractivity contribution in [3.63, 3.8) is 0 Å². The summed E-state index contributed by atoms with van der Waals surface area (Å²) in [6, 6.07) is 5.88. The third-order valence-electron chi connectivity index (χ3n) is 2.50. The van der Waals surface area contributed by atoms with Crippen LogP contribution in [0, 0.1) is 0 Å². The Labute approximate surface area is 111 Å². The molecule has 0 bridgehead atoms. The van der Waals surface area contributed by atoms with Crippen LogP contribution in [-0.2, 0) is 4.79 Å². The van der Waals surface area contributed by atoms with Crippen molar-refractivity contribution in [3.8, 4) is 5.75 Å². The molecule has 102 valence electrons. The Morgan fingerprint density at radius 3 is 2.90 bits per heavy atom. The molecule has 8 heteroatoms. The minimum absolute atomic E-state index is 0.146. The van der Waals surface area contributed by atoms with Gasteiger partial charge in [-0.2, -0.15) is 0 Å². The number of ether oxygens (including phenoxy) is 1. The fraction of sp³-hybridized carbons (Fsp3) is 0.167.